The van der Waals surface area contributed by atoms with Crippen molar-refractivity contribution in [3.63, 3.8) is 0 Å². The summed E-state index contributed by atoms with van der Waals surface area (Å²) in [4.78, 5) is 15.4. The molecule has 0 spiro atoms. The Labute approximate surface area is 129 Å². The van der Waals surface area contributed by atoms with Gasteiger partial charge in [0.2, 0.25) is 0 Å². The molecular formula is C13H14F3N5O2. The van der Waals surface area contributed by atoms with Gasteiger partial charge in [0.1, 0.15) is 0 Å². The molecule has 124 valence electrons. The molecule has 2 rings (SSSR count). The monoisotopic (exact) mass is 329 g/mol. The van der Waals surface area contributed by atoms with E-state index in [1.807, 2.05) is 0 Å². The fourth-order valence-electron chi connectivity index (χ4n) is 1.65. The Morgan fingerprint density at radius 1 is 1.43 bits per heavy atom. The van der Waals surface area contributed by atoms with Crippen LogP contribution in [0.1, 0.15) is 29.4 Å². The van der Waals surface area contributed by atoms with Crippen molar-refractivity contribution < 1.29 is 23.1 Å². The smallest absolute Gasteiger partial charge is 0.393 e. The van der Waals surface area contributed by atoms with E-state index in [1.165, 1.54) is 6.20 Å². The second-order valence-electron chi connectivity index (χ2n) is 4.84. The minimum atomic E-state index is -4.47. The van der Waals surface area contributed by atoms with E-state index < -0.39 is 23.8 Å². The van der Waals surface area contributed by atoms with Crippen molar-refractivity contribution in [2.45, 2.75) is 25.6 Å². The van der Waals surface area contributed by atoms with Gasteiger partial charge < -0.3 is 10.4 Å². The van der Waals surface area contributed by atoms with Crippen LogP contribution in [0.25, 0.3) is 5.82 Å². The first-order valence-corrected chi connectivity index (χ1v) is 6.69. The molecular weight excluding hydrogens is 315 g/mol. The highest BCUT2D eigenvalue weighted by atomic mass is 19.4. The topological polar surface area (TPSA) is 92.9 Å². The SMILES string of the molecule is CC(O)CCNC(=O)c1cn(-c2ccc(C(F)(F)F)cn2)nn1. The first kappa shape index (κ1) is 16.9. The number of rotatable bonds is 5. The van der Waals surface area contributed by atoms with E-state index in [1.54, 1.807) is 6.92 Å². The second-order valence-corrected chi connectivity index (χ2v) is 4.84. The summed E-state index contributed by atoms with van der Waals surface area (Å²) < 4.78 is 38.5. The zero-order chi connectivity index (χ0) is 17.0. The van der Waals surface area contributed by atoms with E-state index in [0.717, 1.165) is 16.8 Å². The lowest BCUT2D eigenvalue weighted by Gasteiger charge is -2.06. The predicted octanol–water partition coefficient (Wildman–Crippen LogP) is 1.18. The fourth-order valence-corrected chi connectivity index (χ4v) is 1.65. The minimum Gasteiger partial charge on any atom is -0.393 e. The Morgan fingerprint density at radius 2 is 2.17 bits per heavy atom. The van der Waals surface area contributed by atoms with E-state index in [0.29, 0.717) is 12.6 Å². The third-order valence-corrected chi connectivity index (χ3v) is 2.88. The summed E-state index contributed by atoms with van der Waals surface area (Å²) in [7, 11) is 0. The summed E-state index contributed by atoms with van der Waals surface area (Å²) >= 11 is 0. The molecule has 0 bridgehead atoms. The molecule has 0 fully saturated rings. The molecule has 1 amide bonds. The summed E-state index contributed by atoms with van der Waals surface area (Å²) in [6.45, 7) is 1.86. The number of carbonyl (C=O) groups excluding carboxylic acids is 1. The van der Waals surface area contributed by atoms with E-state index in [2.05, 4.69) is 20.6 Å². The maximum Gasteiger partial charge on any atom is 0.417 e. The molecule has 0 radical (unpaired) electrons. The first-order valence-electron chi connectivity index (χ1n) is 6.69. The number of aromatic nitrogens is 4. The van der Waals surface area contributed by atoms with Crippen LogP contribution in [0.2, 0.25) is 0 Å². The Bertz CT molecular complexity index is 667. The number of pyridine rings is 1. The van der Waals surface area contributed by atoms with Crippen LogP contribution in [0, 0.1) is 0 Å². The molecule has 2 N–H and O–H groups in total. The van der Waals surface area contributed by atoms with Gasteiger partial charge in [-0.25, -0.2) is 9.67 Å². The van der Waals surface area contributed by atoms with E-state index in [-0.39, 0.29) is 18.1 Å². The van der Waals surface area contributed by atoms with Crippen molar-refractivity contribution in [1.29, 1.82) is 0 Å². The van der Waals surface area contributed by atoms with Gasteiger partial charge in [0, 0.05) is 12.7 Å². The molecule has 7 nitrogen and oxygen atoms in total. The molecule has 0 saturated carbocycles. The number of aliphatic hydroxyl groups is 1. The molecule has 1 unspecified atom stereocenters. The number of hydrogen-bond acceptors (Lipinski definition) is 5. The molecule has 2 aromatic rings. The second kappa shape index (κ2) is 6.73. The van der Waals surface area contributed by atoms with Crippen LogP contribution in [-0.2, 0) is 6.18 Å². The number of amides is 1. The summed E-state index contributed by atoms with van der Waals surface area (Å²) in [5.41, 5.74) is -0.880. The van der Waals surface area contributed by atoms with Crippen molar-refractivity contribution in [2.24, 2.45) is 0 Å². The van der Waals surface area contributed by atoms with E-state index in [9.17, 15) is 18.0 Å². The molecule has 0 saturated heterocycles. The third kappa shape index (κ3) is 4.49. The van der Waals surface area contributed by atoms with Gasteiger partial charge in [0.25, 0.3) is 5.91 Å². The quantitative estimate of drug-likeness (QED) is 0.859. The van der Waals surface area contributed by atoms with Crippen LogP contribution in [0.4, 0.5) is 13.2 Å². The lowest BCUT2D eigenvalue weighted by molar-refractivity contribution is -0.137. The molecule has 0 aliphatic heterocycles. The number of alkyl halides is 3. The number of nitrogens with zero attached hydrogens (tertiary/aromatic N) is 4. The molecule has 1 atom stereocenters. The highest BCUT2D eigenvalue weighted by Gasteiger charge is 2.30. The van der Waals surface area contributed by atoms with E-state index >= 15 is 0 Å². The van der Waals surface area contributed by atoms with Crippen LogP contribution >= 0.6 is 0 Å². The van der Waals surface area contributed by atoms with Crippen molar-refractivity contribution in [3.8, 4) is 5.82 Å². The Hall–Kier alpha value is -2.49. The van der Waals surface area contributed by atoms with Gasteiger partial charge in [-0.3, -0.25) is 4.79 Å². The molecule has 2 heterocycles. The number of hydrogen-bond donors (Lipinski definition) is 2. The van der Waals surface area contributed by atoms with Gasteiger partial charge in [0.15, 0.2) is 11.5 Å². The zero-order valence-corrected chi connectivity index (χ0v) is 12.1. The highest BCUT2D eigenvalue weighted by molar-refractivity contribution is 5.91. The maximum atomic E-state index is 12.5. The zero-order valence-electron chi connectivity index (χ0n) is 12.1. The lowest BCUT2D eigenvalue weighted by atomic mass is 10.3. The molecule has 0 aromatic carbocycles. The van der Waals surface area contributed by atoms with Crippen LogP contribution in [0.15, 0.2) is 24.5 Å². The van der Waals surface area contributed by atoms with Crippen molar-refractivity contribution in [1.82, 2.24) is 25.3 Å². The van der Waals surface area contributed by atoms with Crippen molar-refractivity contribution in [3.05, 3.63) is 35.8 Å². The number of aliphatic hydroxyl groups excluding tert-OH is 1. The highest BCUT2D eigenvalue weighted by Crippen LogP contribution is 2.28. The largest absolute Gasteiger partial charge is 0.417 e. The summed E-state index contributed by atoms with van der Waals surface area (Å²) in [5.74, 6) is -0.391. The van der Waals surface area contributed by atoms with Crippen LogP contribution in [0.3, 0.4) is 0 Å². The van der Waals surface area contributed by atoms with E-state index in [4.69, 9.17) is 5.11 Å². The van der Waals surface area contributed by atoms with Gasteiger partial charge in [0.05, 0.1) is 17.9 Å². The Balaban J connectivity index is 2.05. The summed E-state index contributed by atoms with van der Waals surface area (Å²) in [6, 6.07) is 2.00. The summed E-state index contributed by atoms with van der Waals surface area (Å²) in [6.07, 6.45) is -2.68. The van der Waals surface area contributed by atoms with Crippen LogP contribution < -0.4 is 5.32 Å². The Morgan fingerprint density at radius 3 is 2.74 bits per heavy atom. The van der Waals surface area contributed by atoms with Gasteiger partial charge in [-0.1, -0.05) is 5.21 Å². The maximum absolute atomic E-state index is 12.5. The van der Waals surface area contributed by atoms with Crippen molar-refractivity contribution >= 4 is 5.91 Å². The van der Waals surface area contributed by atoms with Gasteiger partial charge in [-0.15, -0.1) is 5.10 Å². The average Bonchev–Trinajstić information content (AvgIpc) is 2.96. The molecule has 0 aliphatic rings. The average molecular weight is 329 g/mol. The van der Waals surface area contributed by atoms with Gasteiger partial charge >= 0.3 is 6.18 Å². The number of carbonyl (C=O) groups is 1. The first-order chi connectivity index (χ1) is 10.8. The summed E-state index contributed by atoms with van der Waals surface area (Å²) in [5, 5.41) is 18.9. The molecule has 0 aliphatic carbocycles. The third-order valence-electron chi connectivity index (χ3n) is 2.88. The molecule has 10 heteroatoms. The molecule has 23 heavy (non-hydrogen) atoms. The van der Waals surface area contributed by atoms with Gasteiger partial charge in [-0.05, 0) is 25.5 Å². The number of nitrogens with one attached hydrogen (secondary N) is 1. The standard InChI is InChI=1S/C13H14F3N5O2/c1-8(22)4-5-17-12(23)10-7-21(20-19-10)11-3-2-9(6-18-11)13(14,15)16/h2-3,6-8,22H,4-5H2,1H3,(H,17,23). The predicted molar refractivity (Wildman–Crippen MR) is 72.8 cm³/mol. The molecule has 2 aromatic heterocycles. The fraction of sp³-hybridized carbons (Fsp3) is 0.385. The lowest BCUT2D eigenvalue weighted by Crippen LogP contribution is -2.26. The van der Waals surface area contributed by atoms with Crippen LogP contribution in [0.5, 0.6) is 0 Å². The van der Waals surface area contributed by atoms with Gasteiger partial charge in [-0.2, -0.15) is 13.2 Å². The Kier molecular flexibility index (Phi) is 4.94. The van der Waals surface area contributed by atoms with Crippen LogP contribution in [-0.4, -0.2) is 43.6 Å². The minimum absolute atomic E-state index is 0.00251. The van der Waals surface area contributed by atoms with Crippen molar-refractivity contribution in [2.75, 3.05) is 6.54 Å². The normalized spacial score (nSPS) is 12.9. The number of halogens is 3.